The van der Waals surface area contributed by atoms with Crippen molar-refractivity contribution in [3.05, 3.63) is 108 Å². The van der Waals surface area contributed by atoms with E-state index in [1.165, 1.54) is 18.2 Å². The first kappa shape index (κ1) is 21.2. The van der Waals surface area contributed by atoms with Gasteiger partial charge >= 0.3 is 0 Å². The van der Waals surface area contributed by atoms with Crippen LogP contribution in [0.25, 0.3) is 21.9 Å². The van der Waals surface area contributed by atoms with Gasteiger partial charge in [0.25, 0.3) is 0 Å². The Morgan fingerprint density at radius 1 is 0.742 bits per heavy atom. The lowest BCUT2D eigenvalue weighted by atomic mass is 9.85. The molecule has 4 rings (SSSR count). The third-order valence-corrected chi connectivity index (χ3v) is 5.89. The summed E-state index contributed by atoms with van der Waals surface area (Å²) in [6.07, 6.45) is 1.21. The molecule has 0 fully saturated rings. The van der Waals surface area contributed by atoms with Crippen molar-refractivity contribution >= 4 is 10.8 Å². The number of alkyl halides is 1. The van der Waals surface area contributed by atoms with E-state index in [-0.39, 0.29) is 5.82 Å². The first-order chi connectivity index (χ1) is 15.1. The Bertz CT molecular complexity index is 1160. The zero-order valence-electron chi connectivity index (χ0n) is 17.5. The largest absolute Gasteiger partial charge is 0.242 e. The zero-order valence-corrected chi connectivity index (χ0v) is 17.5. The maximum Gasteiger partial charge on any atom is 0.132 e. The second-order valence-corrected chi connectivity index (χ2v) is 8.00. The Balaban J connectivity index is 1.67. The van der Waals surface area contributed by atoms with E-state index in [1.807, 2.05) is 42.5 Å². The molecule has 3 heteroatoms. The number of fused-ring (bicyclic) bond motifs is 1. The van der Waals surface area contributed by atoms with E-state index in [2.05, 4.69) is 6.92 Å². The Kier molecular flexibility index (Phi) is 6.41. The smallest absolute Gasteiger partial charge is 0.132 e. The molecule has 0 aliphatic carbocycles. The fraction of sp³-hybridized carbons (Fsp3) is 0.214. The number of unbranched alkanes of at least 4 members (excludes halogenated alkanes) is 1. The van der Waals surface area contributed by atoms with E-state index in [9.17, 15) is 8.78 Å². The topological polar surface area (TPSA) is 0 Å². The van der Waals surface area contributed by atoms with Crippen LogP contribution in [0.4, 0.5) is 13.2 Å². The van der Waals surface area contributed by atoms with E-state index in [4.69, 9.17) is 0 Å². The van der Waals surface area contributed by atoms with Crippen molar-refractivity contribution in [1.82, 2.24) is 0 Å². The lowest BCUT2D eigenvalue weighted by molar-refractivity contribution is 0.274. The molecule has 2 atom stereocenters. The number of rotatable bonds is 7. The SMILES string of the molecule is CCCCC(c1ccc(-c2ccc(F)cc2)c(F)c1)C(F)c1ccc2ccccc2c1. The molecule has 31 heavy (non-hydrogen) atoms. The van der Waals surface area contributed by atoms with Crippen LogP contribution < -0.4 is 0 Å². The summed E-state index contributed by atoms with van der Waals surface area (Å²) in [5.41, 5.74) is 2.25. The molecule has 2 unspecified atom stereocenters. The first-order valence-electron chi connectivity index (χ1n) is 10.7. The number of hydrogen-bond donors (Lipinski definition) is 0. The molecule has 0 N–H and O–H groups in total. The van der Waals surface area contributed by atoms with E-state index in [0.717, 1.165) is 23.6 Å². The van der Waals surface area contributed by atoms with Gasteiger partial charge in [-0.1, -0.05) is 80.4 Å². The van der Waals surface area contributed by atoms with Gasteiger partial charge in [0.05, 0.1) is 0 Å². The summed E-state index contributed by atoms with van der Waals surface area (Å²) in [7, 11) is 0. The Morgan fingerprint density at radius 3 is 2.16 bits per heavy atom. The highest BCUT2D eigenvalue weighted by Crippen LogP contribution is 2.40. The van der Waals surface area contributed by atoms with Gasteiger partial charge in [0.1, 0.15) is 17.8 Å². The first-order valence-corrected chi connectivity index (χ1v) is 10.7. The summed E-state index contributed by atoms with van der Waals surface area (Å²) in [5.74, 6) is -1.22. The second kappa shape index (κ2) is 9.38. The molecule has 0 heterocycles. The van der Waals surface area contributed by atoms with Gasteiger partial charge in [-0.25, -0.2) is 13.2 Å². The van der Waals surface area contributed by atoms with Crippen LogP contribution >= 0.6 is 0 Å². The minimum Gasteiger partial charge on any atom is -0.242 e. The van der Waals surface area contributed by atoms with Gasteiger partial charge in [-0.15, -0.1) is 0 Å². The molecular weight excluding hydrogens is 393 g/mol. The third-order valence-electron chi connectivity index (χ3n) is 5.89. The van der Waals surface area contributed by atoms with Crippen molar-refractivity contribution in [3.8, 4) is 11.1 Å². The molecule has 0 spiro atoms. The fourth-order valence-corrected chi connectivity index (χ4v) is 4.14. The van der Waals surface area contributed by atoms with Crippen LogP contribution in [-0.4, -0.2) is 0 Å². The number of hydrogen-bond acceptors (Lipinski definition) is 0. The van der Waals surface area contributed by atoms with E-state index >= 15 is 4.39 Å². The predicted molar refractivity (Wildman–Crippen MR) is 122 cm³/mol. The molecule has 4 aromatic rings. The van der Waals surface area contributed by atoms with Crippen LogP contribution in [0.2, 0.25) is 0 Å². The maximum atomic E-state index is 15.8. The van der Waals surface area contributed by atoms with Gasteiger partial charge in [0.2, 0.25) is 0 Å². The van der Waals surface area contributed by atoms with Crippen molar-refractivity contribution in [2.45, 2.75) is 38.3 Å². The minimum atomic E-state index is -1.23. The number of benzene rings is 4. The Morgan fingerprint density at radius 2 is 1.45 bits per heavy atom. The molecule has 0 radical (unpaired) electrons. The molecule has 0 amide bonds. The van der Waals surface area contributed by atoms with Crippen LogP contribution in [0, 0.1) is 11.6 Å². The molecule has 0 aliphatic rings. The van der Waals surface area contributed by atoms with Crippen molar-refractivity contribution in [1.29, 1.82) is 0 Å². The number of halogens is 3. The van der Waals surface area contributed by atoms with E-state index in [0.29, 0.717) is 28.7 Å². The molecule has 158 valence electrons. The summed E-state index contributed by atoms with van der Waals surface area (Å²) < 4.78 is 44.0. The maximum absolute atomic E-state index is 15.8. The molecule has 0 saturated heterocycles. The quantitative estimate of drug-likeness (QED) is 0.281. The minimum absolute atomic E-state index is 0.365. The summed E-state index contributed by atoms with van der Waals surface area (Å²) in [4.78, 5) is 0. The van der Waals surface area contributed by atoms with Crippen LogP contribution in [0.3, 0.4) is 0 Å². The molecule has 0 aromatic heterocycles. The molecule has 4 aromatic carbocycles. The summed E-state index contributed by atoms with van der Waals surface area (Å²) >= 11 is 0. The van der Waals surface area contributed by atoms with Crippen molar-refractivity contribution in [2.75, 3.05) is 0 Å². The molecule has 0 saturated carbocycles. The molecular formula is C28H25F3. The fourth-order valence-electron chi connectivity index (χ4n) is 4.14. The van der Waals surface area contributed by atoms with Gasteiger partial charge in [0, 0.05) is 11.5 Å². The van der Waals surface area contributed by atoms with Gasteiger partial charge in [0.15, 0.2) is 0 Å². The van der Waals surface area contributed by atoms with Gasteiger partial charge in [-0.2, -0.15) is 0 Å². The van der Waals surface area contributed by atoms with Gasteiger partial charge in [-0.3, -0.25) is 0 Å². The lowest BCUT2D eigenvalue weighted by Gasteiger charge is -2.23. The van der Waals surface area contributed by atoms with Crippen molar-refractivity contribution < 1.29 is 13.2 Å². The highest BCUT2D eigenvalue weighted by molar-refractivity contribution is 5.83. The molecule has 0 nitrogen and oxygen atoms in total. The summed E-state index contributed by atoms with van der Waals surface area (Å²) in [6.45, 7) is 2.07. The normalized spacial score (nSPS) is 13.3. The zero-order chi connectivity index (χ0) is 21.8. The lowest BCUT2D eigenvalue weighted by Crippen LogP contribution is -2.08. The standard InChI is InChI=1S/C28H25F3/c1-2-3-8-26(28(31)23-10-9-19-6-4-5-7-21(19)17-23)22-13-16-25(27(30)18-22)20-11-14-24(29)15-12-20/h4-7,9-18,26,28H,2-3,8H2,1H3. The average Bonchev–Trinajstić information content (AvgIpc) is 2.79. The highest BCUT2D eigenvalue weighted by atomic mass is 19.1. The predicted octanol–water partition coefficient (Wildman–Crippen LogP) is 8.77. The van der Waals surface area contributed by atoms with Gasteiger partial charge in [-0.05, 0) is 58.1 Å². The van der Waals surface area contributed by atoms with Crippen LogP contribution in [0.5, 0.6) is 0 Å². The van der Waals surface area contributed by atoms with Crippen LogP contribution in [-0.2, 0) is 0 Å². The summed E-state index contributed by atoms with van der Waals surface area (Å²) in [6, 6.07) is 24.2. The van der Waals surface area contributed by atoms with Crippen LogP contribution in [0.15, 0.2) is 84.9 Å². The summed E-state index contributed by atoms with van der Waals surface area (Å²) in [5, 5.41) is 2.06. The van der Waals surface area contributed by atoms with Gasteiger partial charge < -0.3 is 0 Å². The molecule has 0 bridgehead atoms. The Hall–Kier alpha value is -3.07. The molecule has 0 aliphatic heterocycles. The van der Waals surface area contributed by atoms with Crippen molar-refractivity contribution in [3.63, 3.8) is 0 Å². The monoisotopic (exact) mass is 418 g/mol. The third kappa shape index (κ3) is 4.66. The Labute approximate surface area is 181 Å². The second-order valence-electron chi connectivity index (χ2n) is 8.00. The van der Waals surface area contributed by atoms with Crippen molar-refractivity contribution in [2.24, 2.45) is 0 Å². The van der Waals surface area contributed by atoms with Crippen LogP contribution in [0.1, 0.15) is 49.4 Å². The van der Waals surface area contributed by atoms with E-state index in [1.54, 1.807) is 24.3 Å². The highest BCUT2D eigenvalue weighted by Gasteiger charge is 2.25. The van der Waals surface area contributed by atoms with E-state index < -0.39 is 17.9 Å². The average molecular weight is 419 g/mol.